The number of hydrogen-bond acceptors (Lipinski definition) is 0. The van der Waals surface area contributed by atoms with E-state index in [0.29, 0.717) is 0 Å². The molecule has 7 rings (SSSR count). The fraction of sp³-hybridized carbons (Fsp3) is 0. The van der Waals surface area contributed by atoms with Crippen LogP contribution in [0.25, 0.3) is 61.9 Å². The van der Waals surface area contributed by atoms with Gasteiger partial charge in [0, 0.05) is 16.5 Å². The Bertz CT molecular complexity index is 1910. The first-order valence-corrected chi connectivity index (χ1v) is 13.4. The van der Waals surface area contributed by atoms with Crippen molar-refractivity contribution in [2.24, 2.45) is 0 Å². The van der Waals surface area contributed by atoms with Crippen LogP contribution in [0.4, 0.5) is 0 Å². The van der Waals surface area contributed by atoms with Crippen molar-refractivity contribution in [3.05, 3.63) is 163 Å². The van der Waals surface area contributed by atoms with E-state index in [4.69, 9.17) is 0 Å². The summed E-state index contributed by atoms with van der Waals surface area (Å²) in [6, 6.07) is 54.1. The maximum atomic E-state index is 2.36. The van der Waals surface area contributed by atoms with Gasteiger partial charge in [0.2, 0.25) is 0 Å². The number of nitrogens with zero attached hydrogens (tertiary/aromatic N) is 1. The second-order valence-corrected chi connectivity index (χ2v) is 9.86. The van der Waals surface area contributed by atoms with Crippen LogP contribution in [0.2, 0.25) is 0 Å². The number of aromatic nitrogens is 1. The molecule has 0 bridgehead atoms. The number of benzene rings is 6. The molecule has 0 N–H and O–H groups in total. The maximum absolute atomic E-state index is 2.36. The molecule has 0 aliphatic heterocycles. The summed E-state index contributed by atoms with van der Waals surface area (Å²) in [4.78, 5) is 0. The zero-order valence-electron chi connectivity index (χ0n) is 21.5. The lowest BCUT2D eigenvalue weighted by Gasteiger charge is -2.08. The highest BCUT2D eigenvalue weighted by molar-refractivity contribution is 6.09. The molecular weight excluding hydrogens is 470 g/mol. The van der Waals surface area contributed by atoms with E-state index in [9.17, 15) is 0 Å². The predicted octanol–water partition coefficient (Wildman–Crippen LogP) is 10.3. The van der Waals surface area contributed by atoms with Crippen LogP contribution in [-0.4, -0.2) is 4.57 Å². The average molecular weight is 498 g/mol. The monoisotopic (exact) mass is 497 g/mol. The summed E-state index contributed by atoms with van der Waals surface area (Å²) in [6.07, 6.45) is 4.40. The summed E-state index contributed by atoms with van der Waals surface area (Å²) < 4.78 is 2.36. The first-order valence-electron chi connectivity index (χ1n) is 13.4. The van der Waals surface area contributed by atoms with Crippen molar-refractivity contribution in [2.45, 2.75) is 0 Å². The molecule has 0 saturated heterocycles. The van der Waals surface area contributed by atoms with E-state index >= 15 is 0 Å². The van der Waals surface area contributed by atoms with E-state index in [2.05, 4.69) is 168 Å². The van der Waals surface area contributed by atoms with Gasteiger partial charge in [0.25, 0.3) is 0 Å². The van der Waals surface area contributed by atoms with E-state index in [-0.39, 0.29) is 0 Å². The van der Waals surface area contributed by atoms with Crippen LogP contribution in [0.5, 0.6) is 0 Å². The first kappa shape index (κ1) is 23.0. The second-order valence-electron chi connectivity index (χ2n) is 9.86. The van der Waals surface area contributed by atoms with Crippen LogP contribution < -0.4 is 0 Å². The molecule has 184 valence electrons. The molecule has 0 radical (unpaired) electrons. The van der Waals surface area contributed by atoms with Crippen LogP contribution in [0.15, 0.2) is 152 Å². The third-order valence-electron chi connectivity index (χ3n) is 7.42. The molecule has 0 unspecified atom stereocenters. The minimum atomic E-state index is 1.18. The van der Waals surface area contributed by atoms with Crippen molar-refractivity contribution < 1.29 is 0 Å². The van der Waals surface area contributed by atoms with E-state index in [1.165, 1.54) is 60.9 Å². The number of para-hydroxylation sites is 2. The molecule has 0 spiro atoms. The van der Waals surface area contributed by atoms with Gasteiger partial charge in [-0.3, -0.25) is 0 Å². The molecule has 0 aliphatic rings. The van der Waals surface area contributed by atoms with Crippen LogP contribution in [0.1, 0.15) is 11.1 Å². The highest BCUT2D eigenvalue weighted by Crippen LogP contribution is 2.33. The Kier molecular flexibility index (Phi) is 5.88. The quantitative estimate of drug-likeness (QED) is 0.208. The van der Waals surface area contributed by atoms with E-state index < -0.39 is 0 Å². The predicted molar refractivity (Wildman–Crippen MR) is 167 cm³/mol. The van der Waals surface area contributed by atoms with E-state index in [1.54, 1.807) is 0 Å². The highest BCUT2D eigenvalue weighted by Gasteiger charge is 2.11. The molecule has 0 aliphatic carbocycles. The van der Waals surface area contributed by atoms with Crippen molar-refractivity contribution in [1.29, 1.82) is 0 Å². The van der Waals surface area contributed by atoms with E-state index in [0.717, 1.165) is 0 Å². The topological polar surface area (TPSA) is 4.93 Å². The van der Waals surface area contributed by atoms with Crippen molar-refractivity contribution >= 4 is 34.0 Å². The van der Waals surface area contributed by atoms with Crippen LogP contribution in [-0.2, 0) is 0 Å². The van der Waals surface area contributed by atoms with Gasteiger partial charge in [-0.1, -0.05) is 140 Å². The third kappa shape index (κ3) is 4.45. The van der Waals surface area contributed by atoms with Gasteiger partial charge < -0.3 is 4.57 Å². The van der Waals surface area contributed by atoms with E-state index in [1.807, 2.05) is 0 Å². The Hall–Kier alpha value is -5.14. The van der Waals surface area contributed by atoms with Crippen molar-refractivity contribution in [1.82, 2.24) is 4.57 Å². The molecule has 7 aromatic rings. The molecule has 1 nitrogen and oxygen atoms in total. The van der Waals surface area contributed by atoms with Gasteiger partial charge in [0.15, 0.2) is 0 Å². The molecule has 1 aromatic heterocycles. The maximum Gasteiger partial charge on any atom is 0.0547 e. The summed E-state index contributed by atoms with van der Waals surface area (Å²) in [5.74, 6) is 0. The highest BCUT2D eigenvalue weighted by atomic mass is 15.0. The smallest absolute Gasteiger partial charge is 0.0547 e. The third-order valence-corrected chi connectivity index (χ3v) is 7.42. The first-order chi connectivity index (χ1) is 19.3. The van der Waals surface area contributed by atoms with Crippen molar-refractivity contribution in [2.75, 3.05) is 0 Å². The average Bonchev–Trinajstić information content (AvgIpc) is 3.35. The van der Waals surface area contributed by atoms with Crippen LogP contribution >= 0.6 is 0 Å². The Morgan fingerprint density at radius 2 is 0.846 bits per heavy atom. The van der Waals surface area contributed by atoms with Gasteiger partial charge in [-0.15, -0.1) is 0 Å². The molecule has 6 aromatic carbocycles. The largest absolute Gasteiger partial charge is 0.309 e. The Morgan fingerprint density at radius 1 is 0.359 bits per heavy atom. The molecule has 0 amide bonds. The van der Waals surface area contributed by atoms with Gasteiger partial charge in [0.1, 0.15) is 0 Å². The molecule has 0 saturated carbocycles. The molecule has 0 fully saturated rings. The van der Waals surface area contributed by atoms with Gasteiger partial charge in [-0.05, 0) is 57.6 Å². The van der Waals surface area contributed by atoms with Crippen molar-refractivity contribution in [3.63, 3.8) is 0 Å². The zero-order valence-corrected chi connectivity index (χ0v) is 21.5. The molecule has 0 atom stereocenters. The van der Waals surface area contributed by atoms with Gasteiger partial charge in [-0.2, -0.15) is 0 Å². The summed E-state index contributed by atoms with van der Waals surface area (Å²) in [5, 5.41) is 2.55. The standard InChI is InChI=1S/C38H27N/c1-3-9-30(10-4-1)32-22-24-33(25-23-32)31-20-17-28(18-21-31)15-16-29-19-26-36-35-13-7-8-14-37(35)39(38(36)27-29)34-11-5-2-6-12-34/h1-27H/b16-15+. The normalized spacial score (nSPS) is 11.5. The SMILES string of the molecule is C(=C\c1ccc2c3ccccc3n(-c3ccccc3)c2c1)/c1ccc(-c2ccc(-c3ccccc3)cc2)cc1. The Morgan fingerprint density at radius 3 is 1.54 bits per heavy atom. The number of hydrogen-bond donors (Lipinski definition) is 0. The molecule has 1 heterocycles. The minimum Gasteiger partial charge on any atom is -0.309 e. The lowest BCUT2D eigenvalue weighted by atomic mass is 9.99. The molecule has 1 heteroatoms. The minimum absolute atomic E-state index is 1.18. The molecular formula is C38H27N. The summed E-state index contributed by atoms with van der Waals surface area (Å²) in [7, 11) is 0. The molecule has 39 heavy (non-hydrogen) atoms. The lowest BCUT2D eigenvalue weighted by Crippen LogP contribution is -1.93. The summed E-state index contributed by atoms with van der Waals surface area (Å²) in [6.45, 7) is 0. The fourth-order valence-corrected chi connectivity index (χ4v) is 5.41. The lowest BCUT2D eigenvalue weighted by molar-refractivity contribution is 1.18. The van der Waals surface area contributed by atoms with Gasteiger partial charge in [-0.25, -0.2) is 0 Å². The van der Waals surface area contributed by atoms with Crippen LogP contribution in [0.3, 0.4) is 0 Å². The van der Waals surface area contributed by atoms with Gasteiger partial charge in [0.05, 0.1) is 11.0 Å². The Balaban J connectivity index is 1.17. The zero-order chi connectivity index (χ0) is 26.0. The summed E-state index contributed by atoms with van der Waals surface area (Å²) >= 11 is 0. The van der Waals surface area contributed by atoms with Gasteiger partial charge >= 0.3 is 0 Å². The second kappa shape index (κ2) is 9.96. The fourth-order valence-electron chi connectivity index (χ4n) is 5.41. The Labute approximate surface area is 228 Å². The summed E-state index contributed by atoms with van der Waals surface area (Å²) in [5.41, 5.74) is 10.9. The van der Waals surface area contributed by atoms with Crippen molar-refractivity contribution in [3.8, 4) is 27.9 Å². The number of fused-ring (bicyclic) bond motifs is 3. The van der Waals surface area contributed by atoms with Crippen LogP contribution in [0, 0.1) is 0 Å². The number of rotatable bonds is 5.